The first-order chi connectivity index (χ1) is 9.58. The Hall–Kier alpha value is -2.42. The highest BCUT2D eigenvalue weighted by Gasteiger charge is 2.05. The summed E-state index contributed by atoms with van der Waals surface area (Å²) in [5.41, 5.74) is 3.13. The lowest BCUT2D eigenvalue weighted by Crippen LogP contribution is -2.03. The van der Waals surface area contributed by atoms with Crippen molar-refractivity contribution in [1.29, 1.82) is 0 Å². The van der Waals surface area contributed by atoms with Gasteiger partial charge in [0, 0.05) is 17.3 Å². The maximum Gasteiger partial charge on any atom is 0.184 e. The van der Waals surface area contributed by atoms with Crippen LogP contribution < -0.4 is 0 Å². The Balaban J connectivity index is 2.07. The largest absolute Gasteiger partial charge is 0.507 e. The van der Waals surface area contributed by atoms with Crippen LogP contribution in [-0.4, -0.2) is 23.6 Å². The predicted octanol–water partition coefficient (Wildman–Crippen LogP) is 3.31. The number of ketones is 1. The van der Waals surface area contributed by atoms with Crippen LogP contribution >= 0.6 is 0 Å². The van der Waals surface area contributed by atoms with E-state index in [4.69, 9.17) is 0 Å². The molecule has 102 valence electrons. The Labute approximate surface area is 118 Å². The molecule has 1 N–H and O–H groups in total. The van der Waals surface area contributed by atoms with Crippen LogP contribution in [0, 0.1) is 13.8 Å². The Kier molecular flexibility index (Phi) is 4.31. The van der Waals surface area contributed by atoms with E-state index in [1.807, 2.05) is 44.2 Å². The zero-order valence-electron chi connectivity index (χ0n) is 11.6. The number of rotatable bonds is 4. The Morgan fingerprint density at radius 1 is 1.20 bits per heavy atom. The van der Waals surface area contributed by atoms with Gasteiger partial charge in [-0.1, -0.05) is 35.9 Å². The molecule has 2 aromatic carbocycles. The molecule has 0 atom stereocenters. The van der Waals surface area contributed by atoms with Crippen molar-refractivity contribution in [3.05, 3.63) is 64.7 Å². The number of benzene rings is 2. The fourth-order valence-electron chi connectivity index (χ4n) is 1.92. The van der Waals surface area contributed by atoms with Gasteiger partial charge >= 0.3 is 0 Å². The molecule has 0 spiro atoms. The standard InChI is InChI=1S/C17H17NO2/c1-12-5-3-7-14(9-12)16(19)11-18-10-15-8-4-6-13(2)17(15)20/h3-10,20H,11H2,1-2H3. The van der Waals surface area contributed by atoms with Crippen molar-refractivity contribution in [1.82, 2.24) is 0 Å². The van der Waals surface area contributed by atoms with Gasteiger partial charge in [-0.25, -0.2) is 0 Å². The SMILES string of the molecule is Cc1cccc(C(=O)CN=Cc2cccc(C)c2O)c1. The Bertz CT molecular complexity index is 660. The summed E-state index contributed by atoms with van der Waals surface area (Å²) in [5.74, 6) is 0.177. The topological polar surface area (TPSA) is 49.7 Å². The van der Waals surface area contributed by atoms with E-state index in [1.54, 1.807) is 12.1 Å². The number of Topliss-reactive ketones (excluding diaryl/α,β-unsaturated/α-hetero) is 1. The Morgan fingerprint density at radius 3 is 2.70 bits per heavy atom. The molecule has 3 nitrogen and oxygen atoms in total. The molecule has 0 bridgehead atoms. The molecule has 0 aliphatic carbocycles. The lowest BCUT2D eigenvalue weighted by Gasteiger charge is -2.02. The van der Waals surface area contributed by atoms with Crippen molar-refractivity contribution < 1.29 is 9.90 Å². The molecule has 2 aromatic rings. The van der Waals surface area contributed by atoms with Crippen LogP contribution in [0.25, 0.3) is 0 Å². The number of carbonyl (C=O) groups is 1. The number of nitrogens with zero attached hydrogens (tertiary/aromatic N) is 1. The lowest BCUT2D eigenvalue weighted by atomic mass is 10.1. The second-order valence-corrected chi connectivity index (χ2v) is 4.78. The molecule has 2 rings (SSSR count). The van der Waals surface area contributed by atoms with Crippen LogP contribution in [-0.2, 0) is 0 Å². The summed E-state index contributed by atoms with van der Waals surface area (Å²) >= 11 is 0. The van der Waals surface area contributed by atoms with Gasteiger partial charge in [0.25, 0.3) is 0 Å². The number of aromatic hydroxyl groups is 1. The monoisotopic (exact) mass is 267 g/mol. The minimum absolute atomic E-state index is 0.0305. The number of carbonyl (C=O) groups excluding carboxylic acids is 1. The highest BCUT2D eigenvalue weighted by atomic mass is 16.3. The van der Waals surface area contributed by atoms with Gasteiger partial charge in [-0.05, 0) is 31.5 Å². The summed E-state index contributed by atoms with van der Waals surface area (Å²) in [7, 11) is 0. The summed E-state index contributed by atoms with van der Waals surface area (Å²) < 4.78 is 0. The zero-order chi connectivity index (χ0) is 14.5. The third-order valence-corrected chi connectivity index (χ3v) is 3.07. The van der Waals surface area contributed by atoms with Gasteiger partial charge in [0.05, 0.1) is 0 Å². The molecule has 0 saturated heterocycles. The molecule has 0 aromatic heterocycles. The molecular weight excluding hydrogens is 250 g/mol. The van der Waals surface area contributed by atoms with E-state index in [2.05, 4.69) is 4.99 Å². The number of hydrogen-bond acceptors (Lipinski definition) is 3. The molecule has 20 heavy (non-hydrogen) atoms. The van der Waals surface area contributed by atoms with Crippen molar-refractivity contribution in [3.8, 4) is 5.75 Å². The second kappa shape index (κ2) is 6.15. The third-order valence-electron chi connectivity index (χ3n) is 3.07. The van der Waals surface area contributed by atoms with E-state index in [9.17, 15) is 9.90 Å². The minimum Gasteiger partial charge on any atom is -0.507 e. The maximum absolute atomic E-state index is 12.0. The first kappa shape index (κ1) is 14.0. The van der Waals surface area contributed by atoms with E-state index in [0.717, 1.165) is 11.1 Å². The average molecular weight is 267 g/mol. The number of hydrogen-bond donors (Lipinski definition) is 1. The molecule has 0 unspecified atom stereocenters. The van der Waals surface area contributed by atoms with Gasteiger partial charge in [0.2, 0.25) is 0 Å². The highest BCUT2D eigenvalue weighted by Crippen LogP contribution is 2.19. The average Bonchev–Trinajstić information content (AvgIpc) is 2.43. The van der Waals surface area contributed by atoms with Crippen molar-refractivity contribution in [3.63, 3.8) is 0 Å². The lowest BCUT2D eigenvalue weighted by molar-refractivity contribution is 0.100. The van der Waals surface area contributed by atoms with E-state index in [0.29, 0.717) is 11.1 Å². The molecular formula is C17H17NO2. The van der Waals surface area contributed by atoms with Gasteiger partial charge in [-0.2, -0.15) is 0 Å². The Morgan fingerprint density at radius 2 is 1.95 bits per heavy atom. The number of aryl methyl sites for hydroxylation is 2. The van der Waals surface area contributed by atoms with E-state index < -0.39 is 0 Å². The summed E-state index contributed by atoms with van der Waals surface area (Å²) in [6, 6.07) is 12.9. The summed E-state index contributed by atoms with van der Waals surface area (Å²) in [4.78, 5) is 16.1. The third kappa shape index (κ3) is 3.32. The molecule has 0 aliphatic rings. The molecule has 0 aliphatic heterocycles. The van der Waals surface area contributed by atoms with Crippen molar-refractivity contribution in [2.45, 2.75) is 13.8 Å². The summed E-state index contributed by atoms with van der Waals surface area (Å²) in [6.45, 7) is 3.85. The number of aliphatic imine (C=N–C) groups is 1. The van der Waals surface area contributed by atoms with Crippen molar-refractivity contribution in [2.75, 3.05) is 6.54 Å². The number of phenols is 1. The molecule has 0 radical (unpaired) electrons. The van der Waals surface area contributed by atoms with Crippen LogP contribution in [0.15, 0.2) is 47.5 Å². The number of para-hydroxylation sites is 1. The normalized spacial score (nSPS) is 10.9. The van der Waals surface area contributed by atoms with Crippen LogP contribution in [0.5, 0.6) is 5.75 Å². The molecule has 3 heteroatoms. The highest BCUT2D eigenvalue weighted by molar-refractivity contribution is 5.99. The fraction of sp³-hybridized carbons (Fsp3) is 0.176. The molecule has 0 saturated carbocycles. The van der Waals surface area contributed by atoms with E-state index in [1.165, 1.54) is 6.21 Å². The molecule has 0 heterocycles. The fourth-order valence-corrected chi connectivity index (χ4v) is 1.92. The quantitative estimate of drug-likeness (QED) is 0.682. The van der Waals surface area contributed by atoms with Gasteiger partial charge in [0.1, 0.15) is 12.3 Å². The van der Waals surface area contributed by atoms with E-state index >= 15 is 0 Å². The van der Waals surface area contributed by atoms with Gasteiger partial charge in [-0.15, -0.1) is 0 Å². The van der Waals surface area contributed by atoms with Crippen LogP contribution in [0.3, 0.4) is 0 Å². The van der Waals surface area contributed by atoms with Crippen LogP contribution in [0.2, 0.25) is 0 Å². The summed E-state index contributed by atoms with van der Waals surface area (Å²) in [6.07, 6.45) is 1.54. The molecule has 0 fully saturated rings. The van der Waals surface area contributed by atoms with Crippen molar-refractivity contribution >= 4 is 12.0 Å². The smallest absolute Gasteiger partial charge is 0.184 e. The van der Waals surface area contributed by atoms with Crippen LogP contribution in [0.4, 0.5) is 0 Å². The first-order valence-electron chi connectivity index (χ1n) is 6.46. The molecule has 0 amide bonds. The van der Waals surface area contributed by atoms with E-state index in [-0.39, 0.29) is 18.1 Å². The summed E-state index contributed by atoms with van der Waals surface area (Å²) in [5, 5.41) is 9.84. The number of phenolic OH excluding ortho intramolecular Hbond substituents is 1. The minimum atomic E-state index is -0.0305. The van der Waals surface area contributed by atoms with Crippen LogP contribution in [0.1, 0.15) is 27.0 Å². The second-order valence-electron chi connectivity index (χ2n) is 4.78. The van der Waals surface area contributed by atoms with Gasteiger partial charge in [-0.3, -0.25) is 9.79 Å². The van der Waals surface area contributed by atoms with Gasteiger partial charge in [0.15, 0.2) is 5.78 Å². The maximum atomic E-state index is 12.0. The first-order valence-corrected chi connectivity index (χ1v) is 6.46. The van der Waals surface area contributed by atoms with Crippen molar-refractivity contribution in [2.24, 2.45) is 4.99 Å². The zero-order valence-corrected chi connectivity index (χ0v) is 11.6. The predicted molar refractivity (Wildman–Crippen MR) is 80.8 cm³/mol. The van der Waals surface area contributed by atoms with Gasteiger partial charge < -0.3 is 5.11 Å².